The van der Waals surface area contributed by atoms with Gasteiger partial charge in [0.15, 0.2) is 5.78 Å². The van der Waals surface area contributed by atoms with Crippen molar-refractivity contribution in [3.63, 3.8) is 0 Å². The van der Waals surface area contributed by atoms with Crippen molar-refractivity contribution in [3.05, 3.63) is 59.8 Å². The second-order valence-corrected chi connectivity index (χ2v) is 5.46. The molecule has 0 saturated heterocycles. The lowest BCUT2D eigenvalue weighted by molar-refractivity contribution is -0.133. The maximum atomic E-state index is 12.2. The van der Waals surface area contributed by atoms with Crippen LogP contribution in [0.4, 0.5) is 0 Å². The first-order valence-electron chi connectivity index (χ1n) is 7.52. The number of aromatic nitrogens is 1. The molecule has 1 heterocycles. The summed E-state index contributed by atoms with van der Waals surface area (Å²) in [6.45, 7) is 1.47. The van der Waals surface area contributed by atoms with E-state index in [2.05, 4.69) is 4.98 Å². The normalized spacial score (nSPS) is 10.6. The summed E-state index contributed by atoms with van der Waals surface area (Å²) in [6.07, 6.45) is 1.91. The number of carbonyl (C=O) groups is 2. The minimum absolute atomic E-state index is 0.0726. The van der Waals surface area contributed by atoms with Gasteiger partial charge in [-0.3, -0.25) is 9.59 Å². The van der Waals surface area contributed by atoms with E-state index in [-0.39, 0.29) is 18.2 Å². The highest BCUT2D eigenvalue weighted by Crippen LogP contribution is 2.24. The Morgan fingerprint density at radius 3 is 2.67 bits per heavy atom. The van der Waals surface area contributed by atoms with Gasteiger partial charge >= 0.3 is 5.97 Å². The van der Waals surface area contributed by atoms with Crippen molar-refractivity contribution in [2.75, 3.05) is 7.11 Å². The van der Waals surface area contributed by atoms with Crippen LogP contribution in [-0.4, -0.2) is 23.8 Å². The Balaban J connectivity index is 1.78. The first-order valence-corrected chi connectivity index (χ1v) is 7.52. The smallest absolute Gasteiger partial charge is 0.315 e. The average Bonchev–Trinajstić information content (AvgIpc) is 2.97. The number of ether oxygens (including phenoxy) is 2. The summed E-state index contributed by atoms with van der Waals surface area (Å²) in [5.41, 5.74) is 2.27. The van der Waals surface area contributed by atoms with Crippen LogP contribution in [-0.2, 0) is 11.2 Å². The minimum atomic E-state index is -0.389. The van der Waals surface area contributed by atoms with E-state index in [4.69, 9.17) is 9.47 Å². The number of methoxy groups -OCH3 is 1. The summed E-state index contributed by atoms with van der Waals surface area (Å²) in [5.74, 6) is 0.632. The number of fused-ring (bicyclic) bond motifs is 1. The third-order valence-corrected chi connectivity index (χ3v) is 3.78. The van der Waals surface area contributed by atoms with E-state index < -0.39 is 0 Å². The summed E-state index contributed by atoms with van der Waals surface area (Å²) in [6, 6.07) is 12.2. The maximum absolute atomic E-state index is 12.2. The molecule has 0 spiro atoms. The standard InChI is InChI=1S/C19H17NO4/c1-12(21)13-4-3-5-16(8-13)24-19(22)9-14-11-20-18-7-6-15(23-2)10-17(14)18/h3-8,10-11,20H,9H2,1-2H3. The summed E-state index contributed by atoms with van der Waals surface area (Å²) >= 11 is 0. The minimum Gasteiger partial charge on any atom is -0.497 e. The van der Waals surface area contributed by atoms with Gasteiger partial charge in [0.2, 0.25) is 0 Å². The topological polar surface area (TPSA) is 68.4 Å². The Morgan fingerprint density at radius 1 is 1.08 bits per heavy atom. The molecule has 0 aliphatic carbocycles. The average molecular weight is 323 g/mol. The number of rotatable bonds is 5. The van der Waals surface area contributed by atoms with Gasteiger partial charge in [-0.05, 0) is 42.8 Å². The van der Waals surface area contributed by atoms with Crippen molar-refractivity contribution >= 4 is 22.7 Å². The molecule has 0 bridgehead atoms. The molecule has 5 heteroatoms. The fraction of sp³-hybridized carbons (Fsp3) is 0.158. The molecule has 0 fully saturated rings. The van der Waals surface area contributed by atoms with Gasteiger partial charge in [-0.2, -0.15) is 0 Å². The molecule has 0 radical (unpaired) electrons. The Morgan fingerprint density at radius 2 is 1.92 bits per heavy atom. The van der Waals surface area contributed by atoms with E-state index in [1.807, 2.05) is 18.2 Å². The number of ketones is 1. The SMILES string of the molecule is COc1ccc2[nH]cc(CC(=O)Oc3cccc(C(C)=O)c3)c2c1. The van der Waals surface area contributed by atoms with E-state index in [0.29, 0.717) is 11.3 Å². The number of benzene rings is 2. The predicted octanol–water partition coefficient (Wildman–Crippen LogP) is 3.53. The monoisotopic (exact) mass is 323 g/mol. The molecule has 5 nitrogen and oxygen atoms in total. The van der Waals surface area contributed by atoms with Crippen LogP contribution in [0, 0.1) is 0 Å². The quantitative estimate of drug-likeness (QED) is 0.443. The Hall–Kier alpha value is -3.08. The molecular formula is C19H17NO4. The number of esters is 1. The molecule has 0 aliphatic heterocycles. The maximum Gasteiger partial charge on any atom is 0.315 e. The second-order valence-electron chi connectivity index (χ2n) is 5.46. The molecular weight excluding hydrogens is 306 g/mol. The lowest BCUT2D eigenvalue weighted by Crippen LogP contribution is -2.11. The fourth-order valence-electron chi connectivity index (χ4n) is 2.53. The summed E-state index contributed by atoms with van der Waals surface area (Å²) in [4.78, 5) is 26.7. The van der Waals surface area contributed by atoms with E-state index >= 15 is 0 Å². The van der Waals surface area contributed by atoms with Crippen molar-refractivity contribution < 1.29 is 19.1 Å². The zero-order valence-electron chi connectivity index (χ0n) is 13.5. The molecule has 0 unspecified atom stereocenters. The van der Waals surface area contributed by atoms with Crippen LogP contribution in [0.5, 0.6) is 11.5 Å². The van der Waals surface area contributed by atoms with Gasteiger partial charge in [0.25, 0.3) is 0 Å². The van der Waals surface area contributed by atoms with E-state index in [0.717, 1.165) is 22.2 Å². The van der Waals surface area contributed by atoms with E-state index in [1.54, 1.807) is 37.6 Å². The zero-order valence-corrected chi connectivity index (χ0v) is 13.5. The fourth-order valence-corrected chi connectivity index (χ4v) is 2.53. The van der Waals surface area contributed by atoms with Crippen molar-refractivity contribution in [3.8, 4) is 11.5 Å². The van der Waals surface area contributed by atoms with Crippen molar-refractivity contribution in [2.24, 2.45) is 0 Å². The van der Waals surface area contributed by atoms with Crippen LogP contribution in [0.1, 0.15) is 22.8 Å². The summed E-state index contributed by atoms with van der Waals surface area (Å²) in [7, 11) is 1.60. The number of hydrogen-bond donors (Lipinski definition) is 1. The lowest BCUT2D eigenvalue weighted by atomic mass is 10.1. The van der Waals surface area contributed by atoms with Crippen LogP contribution in [0.3, 0.4) is 0 Å². The van der Waals surface area contributed by atoms with E-state index in [1.165, 1.54) is 6.92 Å². The number of nitrogens with one attached hydrogen (secondary N) is 1. The van der Waals surface area contributed by atoms with Crippen LogP contribution < -0.4 is 9.47 Å². The first kappa shape index (κ1) is 15.8. The third kappa shape index (κ3) is 3.30. The number of hydrogen-bond acceptors (Lipinski definition) is 4. The molecule has 0 atom stereocenters. The van der Waals surface area contributed by atoms with Gasteiger partial charge < -0.3 is 14.5 Å². The molecule has 3 rings (SSSR count). The van der Waals surface area contributed by atoms with Gasteiger partial charge in [-0.15, -0.1) is 0 Å². The molecule has 3 aromatic rings. The van der Waals surface area contributed by atoms with Crippen molar-refractivity contribution in [2.45, 2.75) is 13.3 Å². The van der Waals surface area contributed by atoms with Gasteiger partial charge in [0.05, 0.1) is 13.5 Å². The molecule has 1 aromatic heterocycles. The lowest BCUT2D eigenvalue weighted by Gasteiger charge is -2.05. The summed E-state index contributed by atoms with van der Waals surface area (Å²) < 4.78 is 10.6. The molecule has 0 saturated carbocycles. The van der Waals surface area contributed by atoms with Gasteiger partial charge in [0.1, 0.15) is 11.5 Å². The number of Topliss-reactive ketones (excluding diaryl/α,β-unsaturated/α-hetero) is 1. The molecule has 1 N–H and O–H groups in total. The number of carbonyl (C=O) groups excluding carboxylic acids is 2. The van der Waals surface area contributed by atoms with Crippen LogP contribution in [0.2, 0.25) is 0 Å². The van der Waals surface area contributed by atoms with Gasteiger partial charge in [-0.1, -0.05) is 12.1 Å². The van der Waals surface area contributed by atoms with Crippen molar-refractivity contribution in [1.82, 2.24) is 4.98 Å². The Labute approximate surface area is 139 Å². The number of H-pyrrole nitrogens is 1. The van der Waals surface area contributed by atoms with Gasteiger partial charge in [0, 0.05) is 22.7 Å². The molecule has 0 amide bonds. The Bertz CT molecular complexity index is 911. The highest BCUT2D eigenvalue weighted by Gasteiger charge is 2.12. The zero-order chi connectivity index (χ0) is 17.1. The third-order valence-electron chi connectivity index (χ3n) is 3.78. The highest BCUT2D eigenvalue weighted by molar-refractivity contribution is 5.94. The van der Waals surface area contributed by atoms with Crippen molar-refractivity contribution in [1.29, 1.82) is 0 Å². The van der Waals surface area contributed by atoms with Crippen LogP contribution in [0.15, 0.2) is 48.7 Å². The molecule has 122 valence electrons. The molecule has 0 aliphatic rings. The van der Waals surface area contributed by atoms with Crippen LogP contribution >= 0.6 is 0 Å². The molecule has 24 heavy (non-hydrogen) atoms. The predicted molar refractivity (Wildman–Crippen MR) is 90.6 cm³/mol. The second kappa shape index (κ2) is 6.58. The van der Waals surface area contributed by atoms with Crippen LogP contribution in [0.25, 0.3) is 10.9 Å². The Kier molecular flexibility index (Phi) is 4.33. The molecule has 2 aromatic carbocycles. The largest absolute Gasteiger partial charge is 0.497 e. The van der Waals surface area contributed by atoms with E-state index in [9.17, 15) is 9.59 Å². The van der Waals surface area contributed by atoms with Gasteiger partial charge in [-0.25, -0.2) is 0 Å². The number of aromatic amines is 1. The highest BCUT2D eigenvalue weighted by atomic mass is 16.5. The first-order chi connectivity index (χ1) is 11.6. The summed E-state index contributed by atoms with van der Waals surface area (Å²) in [5, 5.41) is 0.920.